The van der Waals surface area contributed by atoms with E-state index < -0.39 is 0 Å². The van der Waals surface area contributed by atoms with Crippen molar-refractivity contribution in [3.05, 3.63) is 53.1 Å². The number of aromatic hydroxyl groups is 1. The molecule has 4 nitrogen and oxygen atoms in total. The van der Waals surface area contributed by atoms with Crippen LogP contribution in [0.25, 0.3) is 11.1 Å². The largest absolute Gasteiger partial charge is 0.508 e. The van der Waals surface area contributed by atoms with Gasteiger partial charge in [-0.3, -0.25) is 9.69 Å². The van der Waals surface area contributed by atoms with Crippen molar-refractivity contribution in [2.24, 2.45) is 0 Å². The zero-order chi connectivity index (χ0) is 22.1. The highest BCUT2D eigenvalue weighted by molar-refractivity contribution is 5.74. The molecule has 0 spiro atoms. The van der Waals surface area contributed by atoms with Crippen LogP contribution >= 0.6 is 0 Å². The minimum absolute atomic E-state index is 0.0143. The summed E-state index contributed by atoms with van der Waals surface area (Å²) >= 11 is 0. The van der Waals surface area contributed by atoms with Gasteiger partial charge in [-0.1, -0.05) is 51.1 Å². The smallest absolute Gasteiger partial charge is 0.309 e. The summed E-state index contributed by atoms with van der Waals surface area (Å²) in [5.41, 5.74) is 5.30. The van der Waals surface area contributed by atoms with Crippen molar-refractivity contribution < 1.29 is 14.6 Å². The molecule has 2 aromatic carbocycles. The van der Waals surface area contributed by atoms with E-state index in [1.54, 1.807) is 0 Å². The number of phenols is 1. The zero-order valence-corrected chi connectivity index (χ0v) is 19.2. The fraction of sp³-hybridized carbons (Fsp3) is 0.500. The first-order chi connectivity index (χ1) is 14.2. The van der Waals surface area contributed by atoms with Crippen LogP contribution in [0.1, 0.15) is 69.7 Å². The maximum atomic E-state index is 11.5. The molecule has 2 atom stereocenters. The van der Waals surface area contributed by atoms with Crippen molar-refractivity contribution >= 4 is 5.97 Å². The fourth-order valence-corrected chi connectivity index (χ4v) is 4.55. The van der Waals surface area contributed by atoms with Crippen LogP contribution in [0.3, 0.4) is 0 Å². The Kier molecular flexibility index (Phi) is 6.56. The number of ether oxygens (including phenoxy) is 1. The molecule has 0 saturated carbocycles. The minimum atomic E-state index is -0.243. The fourth-order valence-electron chi connectivity index (χ4n) is 4.55. The van der Waals surface area contributed by atoms with Crippen LogP contribution in [-0.4, -0.2) is 36.2 Å². The third kappa shape index (κ3) is 4.39. The molecule has 0 heterocycles. The second kappa shape index (κ2) is 8.81. The Labute approximate surface area is 180 Å². The van der Waals surface area contributed by atoms with Crippen LogP contribution in [0.4, 0.5) is 0 Å². The topological polar surface area (TPSA) is 49.8 Å². The van der Waals surface area contributed by atoms with E-state index in [0.717, 1.165) is 41.5 Å². The summed E-state index contributed by atoms with van der Waals surface area (Å²) in [6.45, 7) is 9.00. The van der Waals surface area contributed by atoms with Crippen molar-refractivity contribution in [3.8, 4) is 16.9 Å². The SMILES string of the molecule is CCC(C)N(C)C1CCC(C)(C)c2cc(-c3ccc(CC(=O)OC)cc3)cc(O)c21. The molecular weight excluding hydrogens is 374 g/mol. The molecule has 0 aliphatic heterocycles. The van der Waals surface area contributed by atoms with Gasteiger partial charge in [-0.05, 0) is 67.0 Å². The number of carbonyl (C=O) groups is 1. The molecule has 2 unspecified atom stereocenters. The van der Waals surface area contributed by atoms with Gasteiger partial charge in [0, 0.05) is 17.6 Å². The Bertz CT molecular complexity index is 901. The van der Waals surface area contributed by atoms with E-state index in [4.69, 9.17) is 4.74 Å². The lowest BCUT2D eigenvalue weighted by molar-refractivity contribution is -0.139. The van der Waals surface area contributed by atoms with Crippen molar-refractivity contribution in [3.63, 3.8) is 0 Å². The lowest BCUT2D eigenvalue weighted by atomic mass is 9.69. The van der Waals surface area contributed by atoms with Crippen molar-refractivity contribution in [2.75, 3.05) is 14.2 Å². The predicted octanol–water partition coefficient (Wildman–Crippen LogP) is 5.62. The van der Waals surface area contributed by atoms with E-state index in [1.165, 1.54) is 12.7 Å². The molecule has 162 valence electrons. The van der Waals surface area contributed by atoms with E-state index >= 15 is 0 Å². The summed E-state index contributed by atoms with van der Waals surface area (Å²) in [4.78, 5) is 13.9. The first-order valence-electron chi connectivity index (χ1n) is 10.9. The molecule has 2 aromatic rings. The first-order valence-corrected chi connectivity index (χ1v) is 10.9. The highest BCUT2D eigenvalue weighted by atomic mass is 16.5. The number of hydrogen-bond acceptors (Lipinski definition) is 4. The van der Waals surface area contributed by atoms with E-state index in [2.05, 4.69) is 45.7 Å². The number of benzene rings is 2. The number of esters is 1. The average Bonchev–Trinajstić information content (AvgIpc) is 2.73. The Morgan fingerprint density at radius 3 is 2.50 bits per heavy atom. The summed E-state index contributed by atoms with van der Waals surface area (Å²) in [5, 5.41) is 11.1. The summed E-state index contributed by atoms with van der Waals surface area (Å²) in [6, 6.07) is 12.8. The molecule has 0 fully saturated rings. The number of carbonyl (C=O) groups excluding carboxylic acids is 1. The third-order valence-corrected chi connectivity index (χ3v) is 6.90. The van der Waals surface area contributed by atoms with Gasteiger partial charge >= 0.3 is 5.97 Å². The summed E-state index contributed by atoms with van der Waals surface area (Å²) in [6.07, 6.45) is 3.49. The molecule has 0 saturated heterocycles. The van der Waals surface area contributed by atoms with Crippen LogP contribution in [0, 0.1) is 0 Å². The Balaban J connectivity index is 2.00. The average molecular weight is 410 g/mol. The lowest BCUT2D eigenvalue weighted by Crippen LogP contribution is -2.38. The molecular formula is C26H35NO3. The quantitative estimate of drug-likeness (QED) is 0.629. The highest BCUT2D eigenvalue weighted by Crippen LogP contribution is 2.49. The molecule has 30 heavy (non-hydrogen) atoms. The Morgan fingerprint density at radius 1 is 1.23 bits per heavy atom. The maximum absolute atomic E-state index is 11.5. The number of methoxy groups -OCH3 is 1. The van der Waals surface area contributed by atoms with Gasteiger partial charge in [-0.15, -0.1) is 0 Å². The van der Waals surface area contributed by atoms with Crippen molar-refractivity contribution in [1.29, 1.82) is 0 Å². The van der Waals surface area contributed by atoms with Crippen LogP contribution in [0.2, 0.25) is 0 Å². The van der Waals surface area contributed by atoms with Crippen LogP contribution < -0.4 is 0 Å². The molecule has 1 aliphatic carbocycles. The highest BCUT2D eigenvalue weighted by Gasteiger charge is 2.37. The van der Waals surface area contributed by atoms with Crippen LogP contribution in [0.5, 0.6) is 5.75 Å². The third-order valence-electron chi connectivity index (χ3n) is 6.90. The minimum Gasteiger partial charge on any atom is -0.508 e. The number of nitrogens with zero attached hydrogens (tertiary/aromatic N) is 1. The first kappa shape index (κ1) is 22.4. The van der Waals surface area contributed by atoms with E-state index in [0.29, 0.717) is 11.8 Å². The van der Waals surface area contributed by atoms with E-state index in [-0.39, 0.29) is 23.8 Å². The maximum Gasteiger partial charge on any atom is 0.309 e. The summed E-state index contributed by atoms with van der Waals surface area (Å²) in [7, 11) is 3.58. The van der Waals surface area contributed by atoms with Crippen molar-refractivity contribution in [1.82, 2.24) is 4.90 Å². The molecule has 3 rings (SSSR count). The number of phenolic OH excluding ortho intramolecular Hbond substituents is 1. The lowest BCUT2D eigenvalue weighted by Gasteiger charge is -2.43. The summed E-state index contributed by atoms with van der Waals surface area (Å²) in [5.74, 6) is 0.140. The van der Waals surface area contributed by atoms with Gasteiger partial charge in [-0.2, -0.15) is 0 Å². The monoisotopic (exact) mass is 409 g/mol. The number of rotatable bonds is 6. The van der Waals surface area contributed by atoms with E-state index in [1.807, 2.05) is 30.3 Å². The van der Waals surface area contributed by atoms with Gasteiger partial charge < -0.3 is 9.84 Å². The van der Waals surface area contributed by atoms with Gasteiger partial charge in [0.2, 0.25) is 0 Å². The standard InChI is InChI=1S/C26H35NO3/c1-7-17(2)27(5)22-12-13-26(3,4)21-15-20(16-23(28)25(21)22)19-10-8-18(9-11-19)14-24(29)30-6/h8-11,15-17,22,28H,7,12-14H2,1-6H3. The second-order valence-electron chi connectivity index (χ2n) is 9.27. The molecule has 0 radical (unpaired) electrons. The Morgan fingerprint density at radius 2 is 1.90 bits per heavy atom. The molecule has 1 aliphatic rings. The van der Waals surface area contributed by atoms with Gasteiger partial charge in [0.05, 0.1) is 13.5 Å². The zero-order valence-electron chi connectivity index (χ0n) is 19.2. The molecule has 4 heteroatoms. The molecule has 0 aromatic heterocycles. The molecule has 0 bridgehead atoms. The predicted molar refractivity (Wildman–Crippen MR) is 122 cm³/mol. The number of fused-ring (bicyclic) bond motifs is 1. The van der Waals surface area contributed by atoms with Crippen molar-refractivity contribution in [2.45, 2.75) is 70.9 Å². The summed E-state index contributed by atoms with van der Waals surface area (Å²) < 4.78 is 4.75. The normalized spacial score (nSPS) is 18.7. The van der Waals surface area contributed by atoms with Gasteiger partial charge in [0.15, 0.2) is 0 Å². The van der Waals surface area contributed by atoms with Gasteiger partial charge in [0.25, 0.3) is 0 Å². The van der Waals surface area contributed by atoms with Crippen LogP contribution in [0.15, 0.2) is 36.4 Å². The second-order valence-corrected chi connectivity index (χ2v) is 9.27. The van der Waals surface area contributed by atoms with Gasteiger partial charge in [-0.25, -0.2) is 0 Å². The molecule has 1 N–H and O–H groups in total. The van der Waals surface area contributed by atoms with Crippen LogP contribution in [-0.2, 0) is 21.4 Å². The van der Waals surface area contributed by atoms with E-state index in [9.17, 15) is 9.90 Å². The molecule has 0 amide bonds. The Hall–Kier alpha value is -2.33. The van der Waals surface area contributed by atoms with Gasteiger partial charge in [0.1, 0.15) is 5.75 Å². The number of hydrogen-bond donors (Lipinski definition) is 1.